The summed E-state index contributed by atoms with van der Waals surface area (Å²) in [7, 11) is 0. The van der Waals surface area contributed by atoms with Gasteiger partial charge in [0.05, 0.1) is 11.4 Å². The van der Waals surface area contributed by atoms with Gasteiger partial charge in [0.25, 0.3) is 0 Å². The minimum absolute atomic E-state index is 0. The zero-order chi connectivity index (χ0) is 23.6. The number of hydrogen-bond donors (Lipinski definition) is 2. The third-order valence-electron chi connectivity index (χ3n) is 7.00. The molecule has 2 N–H and O–H groups in total. The summed E-state index contributed by atoms with van der Waals surface area (Å²) in [6.07, 6.45) is 6.39. The smallest absolute Gasteiger partial charge is 0.327 e. The summed E-state index contributed by atoms with van der Waals surface area (Å²) in [6, 6.07) is 3.23. The van der Waals surface area contributed by atoms with Gasteiger partial charge in [-0.1, -0.05) is 0 Å². The van der Waals surface area contributed by atoms with Crippen molar-refractivity contribution in [3.63, 3.8) is 0 Å². The molecule has 0 spiro atoms. The van der Waals surface area contributed by atoms with Crippen molar-refractivity contribution in [2.24, 2.45) is 0 Å². The van der Waals surface area contributed by atoms with Crippen molar-refractivity contribution in [1.82, 2.24) is 19.7 Å². The molecule has 0 radical (unpaired) electrons. The van der Waals surface area contributed by atoms with Gasteiger partial charge in [-0.25, -0.2) is 19.2 Å². The van der Waals surface area contributed by atoms with Crippen molar-refractivity contribution in [3.8, 4) is 0 Å². The summed E-state index contributed by atoms with van der Waals surface area (Å²) in [5.74, 6) is 0.678. The number of amides is 2. The number of carbonyl (C=O) groups is 1. The Morgan fingerprint density at radius 2 is 2.00 bits per heavy atom. The van der Waals surface area contributed by atoms with E-state index in [9.17, 15) is 9.18 Å². The molecule has 5 heterocycles. The van der Waals surface area contributed by atoms with Gasteiger partial charge in [0, 0.05) is 73.0 Å². The lowest BCUT2D eigenvalue weighted by molar-refractivity contribution is 0.257. The number of nitrogens with zero attached hydrogens (tertiary/aromatic N) is 5. The molecule has 2 fully saturated rings. The van der Waals surface area contributed by atoms with Gasteiger partial charge in [-0.3, -0.25) is 4.90 Å². The highest BCUT2D eigenvalue weighted by atomic mass is 35.5. The van der Waals surface area contributed by atoms with Crippen LogP contribution in [0, 0.1) is 12.7 Å². The number of anilines is 3. The molecule has 186 valence electrons. The normalized spacial score (nSPS) is 19.0. The van der Waals surface area contributed by atoms with Crippen molar-refractivity contribution in [1.29, 1.82) is 0 Å². The number of carbonyl (C=O) groups excluding carboxylic acids is 1. The lowest BCUT2D eigenvalue weighted by Gasteiger charge is -2.41. The fourth-order valence-electron chi connectivity index (χ4n) is 5.18. The molecule has 0 aromatic carbocycles. The zero-order valence-electron chi connectivity index (χ0n) is 20.3. The van der Waals surface area contributed by atoms with Crippen molar-refractivity contribution in [2.45, 2.75) is 51.5 Å². The molecular weight excluding hydrogens is 469 g/mol. The van der Waals surface area contributed by atoms with Crippen molar-refractivity contribution < 1.29 is 9.18 Å². The van der Waals surface area contributed by atoms with E-state index in [1.165, 1.54) is 11.8 Å². The molecule has 0 atom stereocenters. The van der Waals surface area contributed by atoms with Crippen LogP contribution in [0.5, 0.6) is 0 Å². The van der Waals surface area contributed by atoms with Gasteiger partial charge in [0.2, 0.25) is 0 Å². The molecule has 1 saturated carbocycles. The summed E-state index contributed by atoms with van der Waals surface area (Å²) >= 11 is 0. The molecule has 10 heteroatoms. The van der Waals surface area contributed by atoms with E-state index < -0.39 is 5.82 Å². The zero-order valence-corrected chi connectivity index (χ0v) is 21.1. The topological polar surface area (TPSA) is 77.8 Å². The first-order valence-corrected chi connectivity index (χ1v) is 12.0. The second-order valence-electron chi connectivity index (χ2n) is 10.4. The van der Waals surface area contributed by atoms with Crippen LogP contribution in [0.15, 0.2) is 24.5 Å². The Morgan fingerprint density at radius 1 is 1.20 bits per heavy atom. The van der Waals surface area contributed by atoms with Gasteiger partial charge in [0.15, 0.2) is 5.82 Å². The van der Waals surface area contributed by atoms with Gasteiger partial charge >= 0.3 is 6.03 Å². The van der Waals surface area contributed by atoms with E-state index in [0.717, 1.165) is 55.8 Å². The van der Waals surface area contributed by atoms with Crippen LogP contribution >= 0.6 is 12.4 Å². The van der Waals surface area contributed by atoms with Crippen molar-refractivity contribution in [2.75, 3.05) is 41.3 Å². The van der Waals surface area contributed by atoms with Crippen LogP contribution in [0.25, 0.3) is 5.65 Å². The molecule has 2 amide bonds. The molecule has 35 heavy (non-hydrogen) atoms. The van der Waals surface area contributed by atoms with E-state index >= 15 is 0 Å². The van der Waals surface area contributed by atoms with Crippen LogP contribution < -0.4 is 20.4 Å². The quantitative estimate of drug-likeness (QED) is 0.563. The molecular formula is C25H31ClFN7O. The lowest BCUT2D eigenvalue weighted by atomic mass is 10.00. The average molecular weight is 500 g/mol. The Hall–Kier alpha value is -2.91. The third-order valence-corrected chi connectivity index (χ3v) is 7.00. The number of urea groups is 1. The molecule has 8 nitrogen and oxygen atoms in total. The molecule has 3 aliphatic rings. The first-order valence-electron chi connectivity index (χ1n) is 12.0. The van der Waals surface area contributed by atoms with Crippen LogP contribution in [0.4, 0.5) is 26.4 Å². The summed E-state index contributed by atoms with van der Waals surface area (Å²) < 4.78 is 16.4. The van der Waals surface area contributed by atoms with Gasteiger partial charge in [-0.05, 0) is 46.1 Å². The number of aromatic nitrogens is 3. The maximum absolute atomic E-state index is 14.7. The van der Waals surface area contributed by atoms with E-state index in [2.05, 4.69) is 40.4 Å². The first kappa shape index (κ1) is 23.8. The minimum Gasteiger partial charge on any atom is -0.368 e. The van der Waals surface area contributed by atoms with E-state index in [1.54, 1.807) is 21.7 Å². The lowest BCUT2D eigenvalue weighted by Crippen LogP contribution is -2.57. The predicted molar refractivity (Wildman–Crippen MR) is 138 cm³/mol. The molecule has 1 aliphatic carbocycles. The number of piperazine rings is 1. The SMILES string of the molecule is Cc1cn2cc(NC(=O)N3CCc4c(N5CCNC(C)(C)C5)cc(C5CC5)nc43)c(F)cc2n1.Cl. The van der Waals surface area contributed by atoms with E-state index in [0.29, 0.717) is 23.9 Å². The number of pyridine rings is 2. The molecule has 1 saturated heterocycles. The van der Waals surface area contributed by atoms with Gasteiger partial charge in [0.1, 0.15) is 11.5 Å². The van der Waals surface area contributed by atoms with E-state index in [-0.39, 0.29) is 29.7 Å². The van der Waals surface area contributed by atoms with Crippen LogP contribution in [0.1, 0.15) is 49.6 Å². The minimum atomic E-state index is -0.505. The Balaban J connectivity index is 0.00000253. The van der Waals surface area contributed by atoms with Gasteiger partial charge < -0.3 is 19.9 Å². The number of fused-ring (bicyclic) bond motifs is 2. The number of nitrogens with one attached hydrogen (secondary N) is 2. The van der Waals surface area contributed by atoms with Crippen LogP contribution in [-0.2, 0) is 6.42 Å². The van der Waals surface area contributed by atoms with Crippen LogP contribution in [0.3, 0.4) is 0 Å². The number of imidazole rings is 1. The molecule has 0 bridgehead atoms. The Morgan fingerprint density at radius 3 is 2.74 bits per heavy atom. The van der Waals surface area contributed by atoms with Crippen LogP contribution in [0.2, 0.25) is 0 Å². The monoisotopic (exact) mass is 499 g/mol. The average Bonchev–Trinajstić information content (AvgIpc) is 3.44. The number of rotatable bonds is 3. The highest BCUT2D eigenvalue weighted by molar-refractivity contribution is 6.03. The molecule has 3 aromatic heterocycles. The van der Waals surface area contributed by atoms with Crippen molar-refractivity contribution in [3.05, 3.63) is 47.3 Å². The Kier molecular flexibility index (Phi) is 5.88. The molecule has 6 rings (SSSR count). The van der Waals surface area contributed by atoms with Crippen LogP contribution in [-0.4, -0.2) is 52.1 Å². The predicted octanol–water partition coefficient (Wildman–Crippen LogP) is 4.26. The highest BCUT2D eigenvalue weighted by Crippen LogP contribution is 2.44. The largest absolute Gasteiger partial charge is 0.368 e. The number of aryl methyl sites for hydroxylation is 1. The van der Waals surface area contributed by atoms with Gasteiger partial charge in [-0.15, -0.1) is 12.4 Å². The van der Waals surface area contributed by atoms with E-state index in [4.69, 9.17) is 4.98 Å². The molecule has 0 unspecified atom stereocenters. The standard InChI is InChI=1S/C25H30FN7O.ClH/c1-15-12-32-13-20(18(26)10-22(32)28-15)30-24(34)33-8-6-17-21(31-9-7-27-25(2,3)14-31)11-19(16-4-5-16)29-23(17)33;/h10-13,16,27H,4-9,14H2,1-3H3,(H,30,34);1H. The maximum atomic E-state index is 14.7. The maximum Gasteiger partial charge on any atom is 0.327 e. The highest BCUT2D eigenvalue weighted by Gasteiger charge is 2.36. The Bertz CT molecular complexity index is 1300. The summed E-state index contributed by atoms with van der Waals surface area (Å²) in [5.41, 5.74) is 4.82. The number of halogens is 2. The second-order valence-corrected chi connectivity index (χ2v) is 10.4. The van der Waals surface area contributed by atoms with Crippen molar-refractivity contribution >= 4 is 41.3 Å². The fraction of sp³-hybridized carbons (Fsp3) is 0.480. The second kappa shape index (κ2) is 8.64. The van der Waals surface area contributed by atoms with E-state index in [1.807, 2.05) is 6.92 Å². The molecule has 3 aromatic rings. The third kappa shape index (κ3) is 4.43. The Labute approximate surface area is 210 Å². The molecule has 2 aliphatic heterocycles. The first-order chi connectivity index (χ1) is 16.3. The fourth-order valence-corrected chi connectivity index (χ4v) is 5.18. The summed E-state index contributed by atoms with van der Waals surface area (Å²) in [4.78, 5) is 26.6. The number of hydrogen-bond acceptors (Lipinski definition) is 5. The summed E-state index contributed by atoms with van der Waals surface area (Å²) in [5, 5.41) is 6.35. The van der Waals surface area contributed by atoms with Gasteiger partial charge in [-0.2, -0.15) is 0 Å². The summed E-state index contributed by atoms with van der Waals surface area (Å²) in [6.45, 7) is 9.55.